The van der Waals surface area contributed by atoms with Gasteiger partial charge in [0.2, 0.25) is 0 Å². The summed E-state index contributed by atoms with van der Waals surface area (Å²) in [4.78, 5) is 10.4. The van der Waals surface area contributed by atoms with Gasteiger partial charge in [-0.3, -0.25) is 4.79 Å². The summed E-state index contributed by atoms with van der Waals surface area (Å²) in [6.45, 7) is 2.07. The number of carbonyl (C=O) groups is 1. The van der Waals surface area contributed by atoms with Crippen LogP contribution in [0, 0.1) is 0 Å². The van der Waals surface area contributed by atoms with Crippen LogP contribution in [-0.4, -0.2) is 34.7 Å². The third kappa shape index (κ3) is 4.86. The van der Waals surface area contributed by atoms with Gasteiger partial charge in [-0.1, -0.05) is 0 Å². The van der Waals surface area contributed by atoms with Gasteiger partial charge in [0.15, 0.2) is 0 Å². The Bertz CT molecular complexity index is 181. The van der Waals surface area contributed by atoms with E-state index < -0.39 is 5.97 Å². The fourth-order valence-electron chi connectivity index (χ4n) is 1.70. The van der Waals surface area contributed by atoms with Crippen LogP contribution in [0.15, 0.2) is 0 Å². The highest BCUT2D eigenvalue weighted by Gasteiger charge is 2.15. The largest absolute Gasteiger partial charge is 0.481 e. The van der Waals surface area contributed by atoms with Gasteiger partial charge in [0.1, 0.15) is 0 Å². The van der Waals surface area contributed by atoms with Crippen LogP contribution < -0.4 is 5.32 Å². The third-order valence-electron chi connectivity index (χ3n) is 2.47. The Morgan fingerprint density at radius 1 is 1.71 bits per heavy atom. The van der Waals surface area contributed by atoms with Crippen molar-refractivity contribution < 1.29 is 9.90 Å². The molecule has 2 N–H and O–H groups in total. The molecule has 0 radical (unpaired) electrons. The maximum Gasteiger partial charge on any atom is 0.303 e. The molecule has 1 saturated heterocycles. The smallest absolute Gasteiger partial charge is 0.303 e. The summed E-state index contributed by atoms with van der Waals surface area (Å²) in [5.41, 5.74) is 0. The minimum Gasteiger partial charge on any atom is -0.481 e. The molecule has 1 aliphatic rings. The number of rotatable bonds is 5. The topological polar surface area (TPSA) is 49.3 Å². The molecule has 0 aromatic heterocycles. The van der Waals surface area contributed by atoms with E-state index in [1.54, 1.807) is 0 Å². The second-order valence-corrected chi connectivity index (χ2v) is 5.06. The molecule has 1 heterocycles. The summed E-state index contributed by atoms with van der Waals surface area (Å²) in [6.07, 6.45) is 3.53. The second-order valence-electron chi connectivity index (χ2n) is 3.91. The minimum absolute atomic E-state index is 0.272. The van der Waals surface area contributed by atoms with Gasteiger partial charge >= 0.3 is 5.97 Å². The van der Waals surface area contributed by atoms with E-state index >= 15 is 0 Å². The highest BCUT2D eigenvalue weighted by molar-refractivity contribution is 7.99. The average Bonchev–Trinajstić information content (AvgIpc) is 2.16. The van der Waals surface area contributed by atoms with Gasteiger partial charge in [-0.25, -0.2) is 0 Å². The SMILES string of the molecule is CC(CCC(=O)O)NC1CCCSC1. The zero-order valence-corrected chi connectivity index (χ0v) is 9.48. The lowest BCUT2D eigenvalue weighted by atomic mass is 10.1. The van der Waals surface area contributed by atoms with Crippen molar-refractivity contribution in [2.24, 2.45) is 0 Å². The summed E-state index contributed by atoms with van der Waals surface area (Å²) in [5, 5.41) is 12.0. The van der Waals surface area contributed by atoms with Crippen LogP contribution in [-0.2, 0) is 4.79 Å². The predicted molar refractivity (Wildman–Crippen MR) is 59.8 cm³/mol. The van der Waals surface area contributed by atoms with Crippen molar-refractivity contribution in [1.29, 1.82) is 0 Å². The summed E-state index contributed by atoms with van der Waals surface area (Å²) in [5.74, 6) is 1.76. The summed E-state index contributed by atoms with van der Waals surface area (Å²) in [7, 11) is 0. The van der Waals surface area contributed by atoms with Gasteiger partial charge in [-0.05, 0) is 31.9 Å². The molecule has 0 aliphatic carbocycles. The van der Waals surface area contributed by atoms with E-state index in [-0.39, 0.29) is 6.42 Å². The normalized spacial score (nSPS) is 24.5. The van der Waals surface area contributed by atoms with E-state index in [9.17, 15) is 4.79 Å². The molecule has 2 unspecified atom stereocenters. The molecule has 3 nitrogen and oxygen atoms in total. The highest BCUT2D eigenvalue weighted by atomic mass is 32.2. The Hall–Kier alpha value is -0.220. The fraction of sp³-hybridized carbons (Fsp3) is 0.900. The summed E-state index contributed by atoms with van der Waals surface area (Å²) < 4.78 is 0. The van der Waals surface area contributed by atoms with Gasteiger partial charge in [-0.2, -0.15) is 11.8 Å². The highest BCUT2D eigenvalue weighted by Crippen LogP contribution is 2.17. The van der Waals surface area contributed by atoms with Gasteiger partial charge in [0, 0.05) is 24.3 Å². The second kappa shape index (κ2) is 6.30. The van der Waals surface area contributed by atoms with Crippen molar-refractivity contribution in [3.8, 4) is 0 Å². The van der Waals surface area contributed by atoms with E-state index in [4.69, 9.17) is 5.11 Å². The van der Waals surface area contributed by atoms with Crippen molar-refractivity contribution in [1.82, 2.24) is 5.32 Å². The molecule has 1 rings (SSSR count). The Morgan fingerprint density at radius 3 is 3.07 bits per heavy atom. The van der Waals surface area contributed by atoms with E-state index in [2.05, 4.69) is 12.2 Å². The lowest BCUT2D eigenvalue weighted by Gasteiger charge is -2.26. The molecule has 0 aromatic carbocycles. The molecular weight excluding hydrogens is 198 g/mol. The number of hydrogen-bond acceptors (Lipinski definition) is 3. The van der Waals surface area contributed by atoms with Crippen LogP contribution in [0.2, 0.25) is 0 Å². The number of aliphatic carboxylic acids is 1. The standard InChI is InChI=1S/C10H19NO2S/c1-8(4-5-10(12)13)11-9-3-2-6-14-7-9/h8-9,11H,2-7H2,1H3,(H,12,13). The molecule has 0 aromatic rings. The molecule has 0 amide bonds. The van der Waals surface area contributed by atoms with Crippen LogP contribution >= 0.6 is 11.8 Å². The van der Waals surface area contributed by atoms with Crippen molar-refractivity contribution in [3.63, 3.8) is 0 Å². The molecular formula is C10H19NO2S. The number of carboxylic acid groups (broad SMARTS) is 1. The van der Waals surface area contributed by atoms with Crippen LogP contribution in [0.3, 0.4) is 0 Å². The first-order chi connectivity index (χ1) is 6.68. The quantitative estimate of drug-likeness (QED) is 0.736. The maximum absolute atomic E-state index is 10.4. The van der Waals surface area contributed by atoms with Gasteiger partial charge in [0.25, 0.3) is 0 Å². The Labute approximate surface area is 89.6 Å². The number of hydrogen-bond donors (Lipinski definition) is 2. The van der Waals surface area contributed by atoms with Crippen molar-refractivity contribution in [3.05, 3.63) is 0 Å². The monoisotopic (exact) mass is 217 g/mol. The van der Waals surface area contributed by atoms with Crippen molar-refractivity contribution in [2.75, 3.05) is 11.5 Å². The number of carboxylic acids is 1. The summed E-state index contributed by atoms with van der Waals surface area (Å²) >= 11 is 1.99. The zero-order valence-electron chi connectivity index (χ0n) is 8.66. The van der Waals surface area contributed by atoms with Gasteiger partial charge in [0.05, 0.1) is 0 Å². The van der Waals surface area contributed by atoms with E-state index in [0.717, 1.165) is 6.42 Å². The lowest BCUT2D eigenvalue weighted by Crippen LogP contribution is -2.40. The molecule has 0 bridgehead atoms. The average molecular weight is 217 g/mol. The lowest BCUT2D eigenvalue weighted by molar-refractivity contribution is -0.137. The molecule has 0 spiro atoms. The van der Waals surface area contributed by atoms with E-state index in [0.29, 0.717) is 12.1 Å². The Kier molecular flexibility index (Phi) is 5.33. The molecule has 14 heavy (non-hydrogen) atoms. The zero-order chi connectivity index (χ0) is 10.4. The molecule has 4 heteroatoms. The van der Waals surface area contributed by atoms with Crippen molar-refractivity contribution in [2.45, 2.75) is 44.7 Å². The predicted octanol–water partition coefficient (Wildman–Crippen LogP) is 1.72. The number of nitrogens with one attached hydrogen (secondary N) is 1. The Morgan fingerprint density at radius 2 is 2.50 bits per heavy atom. The van der Waals surface area contributed by atoms with E-state index in [1.807, 2.05) is 11.8 Å². The summed E-state index contributed by atoms with van der Waals surface area (Å²) in [6, 6.07) is 0.923. The molecule has 2 atom stereocenters. The third-order valence-corrected chi connectivity index (χ3v) is 3.69. The molecule has 0 saturated carbocycles. The fourth-order valence-corrected chi connectivity index (χ4v) is 2.78. The van der Waals surface area contributed by atoms with Crippen LogP contribution in [0.25, 0.3) is 0 Å². The number of thioether (sulfide) groups is 1. The van der Waals surface area contributed by atoms with E-state index in [1.165, 1.54) is 24.3 Å². The molecule has 1 fully saturated rings. The van der Waals surface area contributed by atoms with Crippen molar-refractivity contribution >= 4 is 17.7 Å². The Balaban J connectivity index is 2.11. The molecule has 1 aliphatic heterocycles. The van der Waals surface area contributed by atoms with Crippen LogP contribution in [0.1, 0.15) is 32.6 Å². The van der Waals surface area contributed by atoms with Gasteiger partial charge in [-0.15, -0.1) is 0 Å². The maximum atomic E-state index is 10.4. The van der Waals surface area contributed by atoms with Crippen LogP contribution in [0.5, 0.6) is 0 Å². The first-order valence-electron chi connectivity index (χ1n) is 5.24. The van der Waals surface area contributed by atoms with Gasteiger partial charge < -0.3 is 10.4 Å². The first-order valence-corrected chi connectivity index (χ1v) is 6.39. The minimum atomic E-state index is -0.698. The molecule has 82 valence electrons. The first kappa shape index (κ1) is 11.9. The van der Waals surface area contributed by atoms with Crippen LogP contribution in [0.4, 0.5) is 0 Å².